The molecule has 0 radical (unpaired) electrons. The van der Waals surface area contributed by atoms with Crippen molar-refractivity contribution in [3.05, 3.63) is 30.3 Å². The molecule has 0 saturated carbocycles. The Labute approximate surface area is 112 Å². The van der Waals surface area contributed by atoms with Crippen molar-refractivity contribution in [2.24, 2.45) is 5.73 Å². The molecule has 3 N–H and O–H groups in total. The van der Waals surface area contributed by atoms with Crippen LogP contribution < -0.4 is 5.73 Å². The fraction of sp³-hybridized carbons (Fsp3) is 0.364. The van der Waals surface area contributed by atoms with Crippen molar-refractivity contribution in [2.75, 3.05) is 20.6 Å². The molecule has 0 bridgehead atoms. The van der Waals surface area contributed by atoms with Crippen molar-refractivity contribution in [1.29, 1.82) is 0 Å². The summed E-state index contributed by atoms with van der Waals surface area (Å²) >= 11 is 0. The number of hydrogen-bond acceptors (Lipinski definition) is 5. The van der Waals surface area contributed by atoms with E-state index in [1.54, 1.807) is 18.2 Å². The fourth-order valence-electron chi connectivity index (χ4n) is 1.44. The Hall–Kier alpha value is -1.48. The van der Waals surface area contributed by atoms with Crippen LogP contribution in [0.1, 0.15) is 0 Å². The van der Waals surface area contributed by atoms with E-state index in [0.717, 1.165) is 4.41 Å². The lowest BCUT2D eigenvalue weighted by molar-refractivity contribution is -0.139. The first-order valence-electron chi connectivity index (χ1n) is 5.50. The second kappa shape index (κ2) is 6.11. The molecule has 19 heavy (non-hydrogen) atoms. The quantitative estimate of drug-likeness (QED) is 0.688. The van der Waals surface area contributed by atoms with Crippen molar-refractivity contribution in [3.8, 4) is 0 Å². The van der Waals surface area contributed by atoms with Crippen LogP contribution in [0.15, 0.2) is 35.2 Å². The van der Waals surface area contributed by atoms with E-state index >= 15 is 0 Å². The Bertz CT molecular complexity index is 530. The number of carboxylic acids is 1. The van der Waals surface area contributed by atoms with Gasteiger partial charge in [-0.25, -0.2) is 13.4 Å². The van der Waals surface area contributed by atoms with E-state index in [0.29, 0.717) is 0 Å². The van der Waals surface area contributed by atoms with Crippen molar-refractivity contribution in [1.82, 2.24) is 9.42 Å². The number of hydrogen-bond donors (Lipinski definition) is 2. The van der Waals surface area contributed by atoms with E-state index in [2.05, 4.69) is 0 Å². The van der Waals surface area contributed by atoms with Crippen LogP contribution in [0.25, 0.3) is 0 Å². The molecule has 0 heterocycles. The molecule has 7 nitrogen and oxygen atoms in total. The van der Waals surface area contributed by atoms with Crippen LogP contribution in [-0.4, -0.2) is 55.6 Å². The SMILES string of the molecule is CN(C)N(CC(N)C(=O)O)S(=O)(=O)c1ccccc1. The zero-order chi connectivity index (χ0) is 14.6. The molecule has 1 aromatic carbocycles. The number of sulfonamides is 1. The Morgan fingerprint density at radius 1 is 1.32 bits per heavy atom. The third-order valence-electron chi connectivity index (χ3n) is 2.43. The highest BCUT2D eigenvalue weighted by atomic mass is 32.2. The van der Waals surface area contributed by atoms with Crippen LogP contribution in [0.5, 0.6) is 0 Å². The highest BCUT2D eigenvalue weighted by Crippen LogP contribution is 2.16. The summed E-state index contributed by atoms with van der Waals surface area (Å²) in [5.74, 6) is -1.25. The lowest BCUT2D eigenvalue weighted by atomic mass is 10.3. The summed E-state index contributed by atoms with van der Waals surface area (Å²) in [6, 6.07) is 6.48. The predicted octanol–water partition coefficient (Wildman–Crippen LogP) is -0.434. The molecule has 0 aromatic heterocycles. The van der Waals surface area contributed by atoms with Crippen LogP contribution in [0, 0.1) is 0 Å². The highest BCUT2D eigenvalue weighted by Gasteiger charge is 2.29. The van der Waals surface area contributed by atoms with Crippen molar-refractivity contribution >= 4 is 16.0 Å². The highest BCUT2D eigenvalue weighted by molar-refractivity contribution is 7.89. The summed E-state index contributed by atoms with van der Waals surface area (Å²) in [4.78, 5) is 10.8. The van der Waals surface area contributed by atoms with Crippen molar-refractivity contribution in [2.45, 2.75) is 10.9 Å². The maximum absolute atomic E-state index is 12.4. The van der Waals surface area contributed by atoms with Gasteiger partial charge < -0.3 is 10.8 Å². The van der Waals surface area contributed by atoms with Gasteiger partial charge in [0.1, 0.15) is 6.04 Å². The topological polar surface area (TPSA) is 104 Å². The lowest BCUT2D eigenvalue weighted by Crippen LogP contribution is -2.50. The van der Waals surface area contributed by atoms with Crippen LogP contribution in [0.4, 0.5) is 0 Å². The van der Waals surface area contributed by atoms with E-state index in [9.17, 15) is 13.2 Å². The molecule has 1 atom stereocenters. The lowest BCUT2D eigenvalue weighted by Gasteiger charge is -2.29. The van der Waals surface area contributed by atoms with Gasteiger partial charge in [-0.15, -0.1) is 4.41 Å². The molecule has 106 valence electrons. The molecule has 0 spiro atoms. The van der Waals surface area contributed by atoms with Crippen LogP contribution in [0.2, 0.25) is 0 Å². The first-order chi connectivity index (χ1) is 8.76. The number of nitrogens with two attached hydrogens (primary N) is 1. The number of nitrogens with zero attached hydrogens (tertiary/aromatic N) is 2. The van der Waals surface area contributed by atoms with Gasteiger partial charge in [0.2, 0.25) is 0 Å². The van der Waals surface area contributed by atoms with Gasteiger partial charge in [-0.1, -0.05) is 18.2 Å². The number of aliphatic carboxylic acids is 1. The minimum atomic E-state index is -3.81. The molecule has 1 rings (SSSR count). The van der Waals surface area contributed by atoms with Gasteiger partial charge in [0, 0.05) is 14.1 Å². The van der Waals surface area contributed by atoms with E-state index in [-0.39, 0.29) is 11.4 Å². The minimum Gasteiger partial charge on any atom is -0.480 e. The van der Waals surface area contributed by atoms with E-state index < -0.39 is 22.0 Å². The molecule has 1 unspecified atom stereocenters. The van der Waals surface area contributed by atoms with Gasteiger partial charge >= 0.3 is 5.97 Å². The molecule has 0 aliphatic heterocycles. The standard InChI is InChI=1S/C11H17N3O4S/c1-13(2)14(8-10(12)11(15)16)19(17,18)9-6-4-3-5-7-9/h3-7,10H,8,12H2,1-2H3,(H,15,16). The Kier molecular flexibility index (Phi) is 5.01. The first kappa shape index (κ1) is 15.6. The molecule has 0 saturated heterocycles. The number of hydrazine groups is 1. The summed E-state index contributed by atoms with van der Waals surface area (Å²) in [5, 5.41) is 10.1. The van der Waals surface area contributed by atoms with E-state index in [1.165, 1.54) is 31.2 Å². The number of carbonyl (C=O) groups is 1. The summed E-state index contributed by atoms with van der Waals surface area (Å²) in [6.45, 7) is -0.334. The summed E-state index contributed by atoms with van der Waals surface area (Å²) in [7, 11) is -0.795. The monoisotopic (exact) mass is 287 g/mol. The number of carboxylic acid groups (broad SMARTS) is 1. The molecule has 0 aliphatic rings. The van der Waals surface area contributed by atoms with Crippen LogP contribution in [-0.2, 0) is 14.8 Å². The molecule has 0 aliphatic carbocycles. The zero-order valence-corrected chi connectivity index (χ0v) is 11.5. The fourth-order valence-corrected chi connectivity index (χ4v) is 2.97. The molecule has 1 aromatic rings. The van der Waals surface area contributed by atoms with Gasteiger partial charge in [0.05, 0.1) is 11.4 Å². The van der Waals surface area contributed by atoms with E-state index in [4.69, 9.17) is 10.8 Å². The summed E-state index contributed by atoms with van der Waals surface area (Å²) < 4.78 is 25.7. The summed E-state index contributed by atoms with van der Waals surface area (Å²) in [5.41, 5.74) is 5.40. The summed E-state index contributed by atoms with van der Waals surface area (Å²) in [6.07, 6.45) is 0. The van der Waals surface area contributed by atoms with Gasteiger partial charge in [-0.3, -0.25) is 4.79 Å². The number of rotatable bonds is 6. The minimum absolute atomic E-state index is 0.0845. The predicted molar refractivity (Wildman–Crippen MR) is 69.6 cm³/mol. The smallest absolute Gasteiger partial charge is 0.321 e. The third-order valence-corrected chi connectivity index (χ3v) is 4.33. The first-order valence-corrected chi connectivity index (χ1v) is 6.94. The third kappa shape index (κ3) is 3.74. The van der Waals surface area contributed by atoms with Gasteiger partial charge in [-0.2, -0.15) is 0 Å². The molecule has 8 heteroatoms. The number of benzene rings is 1. The molecule has 0 fully saturated rings. The Morgan fingerprint density at radius 2 is 1.84 bits per heavy atom. The molecule has 0 amide bonds. The van der Waals surface area contributed by atoms with Crippen molar-refractivity contribution < 1.29 is 18.3 Å². The van der Waals surface area contributed by atoms with Crippen molar-refractivity contribution in [3.63, 3.8) is 0 Å². The average molecular weight is 287 g/mol. The average Bonchev–Trinajstić information content (AvgIpc) is 2.35. The van der Waals surface area contributed by atoms with Crippen LogP contribution in [0.3, 0.4) is 0 Å². The maximum atomic E-state index is 12.4. The van der Waals surface area contributed by atoms with Gasteiger partial charge in [-0.05, 0) is 12.1 Å². The largest absolute Gasteiger partial charge is 0.480 e. The Balaban J connectivity index is 3.09. The normalized spacial score (nSPS) is 13.7. The van der Waals surface area contributed by atoms with Crippen LogP contribution >= 0.6 is 0 Å². The Morgan fingerprint density at radius 3 is 2.26 bits per heavy atom. The molecular formula is C11H17N3O4S. The second-order valence-electron chi connectivity index (χ2n) is 4.11. The maximum Gasteiger partial charge on any atom is 0.321 e. The second-order valence-corrected chi connectivity index (χ2v) is 5.96. The molecular weight excluding hydrogens is 270 g/mol. The van der Waals surface area contributed by atoms with Gasteiger partial charge in [0.25, 0.3) is 10.0 Å². The zero-order valence-electron chi connectivity index (χ0n) is 10.7. The van der Waals surface area contributed by atoms with E-state index in [1.807, 2.05) is 0 Å². The van der Waals surface area contributed by atoms with Gasteiger partial charge in [0.15, 0.2) is 0 Å².